The van der Waals surface area contributed by atoms with Crippen LogP contribution in [0.1, 0.15) is 38.3 Å². The number of likely N-dealkylation sites (tertiary alicyclic amines) is 1. The Morgan fingerprint density at radius 1 is 1.37 bits per heavy atom. The lowest BCUT2D eigenvalue weighted by molar-refractivity contribution is 0.114. The highest BCUT2D eigenvalue weighted by molar-refractivity contribution is 6.42. The molecule has 0 aromatic heterocycles. The van der Waals surface area contributed by atoms with Crippen molar-refractivity contribution in [2.24, 2.45) is 11.7 Å². The van der Waals surface area contributed by atoms with Crippen molar-refractivity contribution in [1.29, 1.82) is 0 Å². The number of piperidine rings is 1. The minimum Gasteiger partial charge on any atom is -0.326 e. The standard InChI is InChI=1S/C15H22Cl2N2/c1-10(2)9-19-8-4-7-13(18)15(19)11-5-3-6-12(16)14(11)17/h3,5-6,10,13,15H,4,7-9,18H2,1-2H3. The second-order valence-electron chi connectivity index (χ2n) is 5.78. The molecule has 2 unspecified atom stereocenters. The summed E-state index contributed by atoms with van der Waals surface area (Å²) in [6.45, 7) is 6.59. The molecular weight excluding hydrogens is 279 g/mol. The lowest BCUT2D eigenvalue weighted by Crippen LogP contribution is -2.47. The van der Waals surface area contributed by atoms with Crippen LogP contribution in [0.3, 0.4) is 0 Å². The zero-order valence-electron chi connectivity index (χ0n) is 11.6. The third-order valence-electron chi connectivity index (χ3n) is 3.68. The van der Waals surface area contributed by atoms with Gasteiger partial charge in [-0.25, -0.2) is 0 Å². The first-order chi connectivity index (χ1) is 9.00. The summed E-state index contributed by atoms with van der Waals surface area (Å²) in [6, 6.07) is 6.15. The SMILES string of the molecule is CC(C)CN1CCCC(N)C1c1cccc(Cl)c1Cl. The van der Waals surface area contributed by atoms with Gasteiger partial charge in [0.2, 0.25) is 0 Å². The maximum absolute atomic E-state index is 6.38. The topological polar surface area (TPSA) is 29.3 Å². The quantitative estimate of drug-likeness (QED) is 0.910. The van der Waals surface area contributed by atoms with Crippen molar-refractivity contribution in [2.75, 3.05) is 13.1 Å². The molecule has 0 spiro atoms. The minimum absolute atomic E-state index is 0.128. The van der Waals surface area contributed by atoms with Crippen LogP contribution in [-0.2, 0) is 0 Å². The molecule has 1 aliphatic rings. The summed E-state index contributed by atoms with van der Waals surface area (Å²) in [4.78, 5) is 2.45. The van der Waals surface area contributed by atoms with E-state index in [9.17, 15) is 0 Å². The molecule has 4 heteroatoms. The molecule has 0 bridgehead atoms. The Hall–Kier alpha value is -0.280. The van der Waals surface area contributed by atoms with Gasteiger partial charge in [0.15, 0.2) is 0 Å². The summed E-state index contributed by atoms with van der Waals surface area (Å²) in [7, 11) is 0. The van der Waals surface area contributed by atoms with E-state index in [1.807, 2.05) is 12.1 Å². The summed E-state index contributed by atoms with van der Waals surface area (Å²) in [5.41, 5.74) is 7.42. The Morgan fingerprint density at radius 2 is 2.11 bits per heavy atom. The van der Waals surface area contributed by atoms with E-state index in [0.29, 0.717) is 16.0 Å². The number of hydrogen-bond donors (Lipinski definition) is 1. The maximum atomic E-state index is 6.38. The highest BCUT2D eigenvalue weighted by Gasteiger charge is 2.32. The van der Waals surface area contributed by atoms with Crippen LogP contribution in [-0.4, -0.2) is 24.0 Å². The molecule has 2 N–H and O–H groups in total. The number of halogens is 2. The maximum Gasteiger partial charge on any atom is 0.0640 e. The Morgan fingerprint density at radius 3 is 2.79 bits per heavy atom. The van der Waals surface area contributed by atoms with Gasteiger partial charge in [-0.2, -0.15) is 0 Å². The number of hydrogen-bond acceptors (Lipinski definition) is 2. The molecule has 0 saturated carbocycles. The van der Waals surface area contributed by atoms with E-state index in [1.165, 1.54) is 0 Å². The third kappa shape index (κ3) is 3.43. The second kappa shape index (κ2) is 6.45. The monoisotopic (exact) mass is 300 g/mol. The van der Waals surface area contributed by atoms with Crippen LogP contribution < -0.4 is 5.73 Å². The molecule has 1 aliphatic heterocycles. The van der Waals surface area contributed by atoms with Crippen LogP contribution in [0.2, 0.25) is 10.0 Å². The predicted octanol–water partition coefficient (Wildman–Crippen LogP) is 4.11. The van der Waals surface area contributed by atoms with E-state index < -0.39 is 0 Å². The van der Waals surface area contributed by atoms with Crippen molar-refractivity contribution in [3.8, 4) is 0 Å². The van der Waals surface area contributed by atoms with Crippen molar-refractivity contribution in [3.63, 3.8) is 0 Å². The zero-order valence-corrected chi connectivity index (χ0v) is 13.1. The van der Waals surface area contributed by atoms with Crippen molar-refractivity contribution < 1.29 is 0 Å². The Bertz CT molecular complexity index is 434. The van der Waals surface area contributed by atoms with Crippen molar-refractivity contribution in [1.82, 2.24) is 4.90 Å². The van der Waals surface area contributed by atoms with E-state index in [4.69, 9.17) is 28.9 Å². The molecule has 0 aliphatic carbocycles. The van der Waals surface area contributed by atoms with Crippen LogP contribution in [0.25, 0.3) is 0 Å². The molecule has 0 amide bonds. The highest BCUT2D eigenvalue weighted by Crippen LogP contribution is 2.37. The zero-order chi connectivity index (χ0) is 14.0. The van der Waals surface area contributed by atoms with Gasteiger partial charge in [-0.1, -0.05) is 49.2 Å². The molecule has 2 atom stereocenters. The van der Waals surface area contributed by atoms with Crippen molar-refractivity contribution in [2.45, 2.75) is 38.8 Å². The van der Waals surface area contributed by atoms with Crippen molar-refractivity contribution in [3.05, 3.63) is 33.8 Å². The van der Waals surface area contributed by atoms with Crippen LogP contribution in [0, 0.1) is 5.92 Å². The second-order valence-corrected chi connectivity index (χ2v) is 6.57. The molecule has 2 rings (SSSR count). The minimum atomic E-state index is 0.128. The Balaban J connectivity index is 2.33. The highest BCUT2D eigenvalue weighted by atomic mass is 35.5. The Kier molecular flexibility index (Phi) is 5.13. The largest absolute Gasteiger partial charge is 0.326 e. The third-order valence-corrected chi connectivity index (χ3v) is 4.52. The molecule has 2 nitrogen and oxygen atoms in total. The van der Waals surface area contributed by atoms with Crippen molar-refractivity contribution >= 4 is 23.2 Å². The summed E-state index contributed by atoms with van der Waals surface area (Å²) in [5.74, 6) is 0.616. The van der Waals surface area contributed by atoms with Crippen LogP contribution in [0.5, 0.6) is 0 Å². The van der Waals surface area contributed by atoms with E-state index in [2.05, 4.69) is 24.8 Å². The van der Waals surface area contributed by atoms with Gasteiger partial charge >= 0.3 is 0 Å². The van der Waals surface area contributed by atoms with Gasteiger partial charge in [0.1, 0.15) is 0 Å². The average molecular weight is 301 g/mol. The van der Waals surface area contributed by atoms with Gasteiger partial charge in [-0.05, 0) is 36.9 Å². The molecule has 106 valence electrons. The first kappa shape index (κ1) is 15.1. The fraction of sp³-hybridized carbons (Fsp3) is 0.600. The van der Waals surface area contributed by atoms with Crippen LogP contribution in [0.15, 0.2) is 18.2 Å². The molecule has 1 saturated heterocycles. The molecular formula is C15H22Cl2N2. The molecule has 19 heavy (non-hydrogen) atoms. The van der Waals surface area contributed by atoms with Gasteiger partial charge in [-0.3, -0.25) is 4.90 Å². The number of rotatable bonds is 3. The van der Waals surface area contributed by atoms with E-state index >= 15 is 0 Å². The fourth-order valence-electron chi connectivity index (χ4n) is 2.95. The van der Waals surface area contributed by atoms with E-state index in [0.717, 1.165) is 31.5 Å². The number of nitrogens with zero attached hydrogens (tertiary/aromatic N) is 1. The number of benzene rings is 1. The Labute approximate surface area is 125 Å². The van der Waals surface area contributed by atoms with Gasteiger partial charge in [0.25, 0.3) is 0 Å². The lowest BCUT2D eigenvalue weighted by atomic mass is 9.90. The van der Waals surface area contributed by atoms with E-state index in [-0.39, 0.29) is 12.1 Å². The number of nitrogens with two attached hydrogens (primary N) is 1. The summed E-state index contributed by atoms with van der Waals surface area (Å²) in [5, 5.41) is 1.27. The molecule has 0 radical (unpaired) electrons. The van der Waals surface area contributed by atoms with Gasteiger partial charge in [0.05, 0.1) is 16.1 Å². The fourth-order valence-corrected chi connectivity index (χ4v) is 3.37. The summed E-state index contributed by atoms with van der Waals surface area (Å²) in [6.07, 6.45) is 2.20. The first-order valence-corrected chi connectivity index (χ1v) is 7.70. The predicted molar refractivity (Wildman–Crippen MR) is 82.8 cm³/mol. The molecule has 1 heterocycles. The van der Waals surface area contributed by atoms with Crippen LogP contribution in [0.4, 0.5) is 0 Å². The van der Waals surface area contributed by atoms with Crippen LogP contribution >= 0.6 is 23.2 Å². The smallest absolute Gasteiger partial charge is 0.0640 e. The first-order valence-electron chi connectivity index (χ1n) is 6.94. The van der Waals surface area contributed by atoms with Gasteiger partial charge < -0.3 is 5.73 Å². The van der Waals surface area contributed by atoms with Gasteiger partial charge in [-0.15, -0.1) is 0 Å². The summed E-state index contributed by atoms with van der Waals surface area (Å²) >= 11 is 12.5. The molecule has 1 aromatic rings. The van der Waals surface area contributed by atoms with Gasteiger partial charge in [0, 0.05) is 12.6 Å². The molecule has 1 fully saturated rings. The van der Waals surface area contributed by atoms with E-state index in [1.54, 1.807) is 0 Å². The average Bonchev–Trinajstić information content (AvgIpc) is 2.33. The summed E-state index contributed by atoms with van der Waals surface area (Å²) < 4.78 is 0. The lowest BCUT2D eigenvalue weighted by Gasteiger charge is -2.41. The molecule has 1 aromatic carbocycles. The normalized spacial score (nSPS) is 24.9.